The minimum absolute atomic E-state index is 0.0762. The minimum Gasteiger partial charge on any atom is -0.396 e. The van der Waals surface area contributed by atoms with E-state index >= 15 is 0 Å². The smallest absolute Gasteiger partial charge is 0.217 e. The standard InChI is InChI=1S/C9H15NO2/c1-7(12)10-9-4-8(5-9,6-9)2-3-11/h11H,2-6H2,1H3,(H,10,12). The van der Waals surface area contributed by atoms with E-state index < -0.39 is 0 Å². The SMILES string of the molecule is CC(=O)NC12CC(CCO)(C1)C2. The van der Waals surface area contributed by atoms with Crippen molar-refractivity contribution in [3.63, 3.8) is 0 Å². The average Bonchev–Trinajstić information content (AvgIpc) is 1.79. The highest BCUT2D eigenvalue weighted by Crippen LogP contribution is 2.68. The lowest BCUT2D eigenvalue weighted by atomic mass is 9.38. The van der Waals surface area contributed by atoms with Crippen LogP contribution < -0.4 is 5.32 Å². The molecule has 3 aliphatic carbocycles. The summed E-state index contributed by atoms with van der Waals surface area (Å²) in [7, 11) is 0. The van der Waals surface area contributed by atoms with Crippen LogP contribution in [0, 0.1) is 5.41 Å². The lowest BCUT2D eigenvalue weighted by molar-refractivity contribution is -0.170. The van der Waals surface area contributed by atoms with Gasteiger partial charge in [0.1, 0.15) is 0 Å². The predicted molar refractivity (Wildman–Crippen MR) is 44.5 cm³/mol. The molecule has 68 valence electrons. The topological polar surface area (TPSA) is 49.3 Å². The van der Waals surface area contributed by atoms with Gasteiger partial charge in [0.05, 0.1) is 0 Å². The molecule has 0 radical (unpaired) electrons. The van der Waals surface area contributed by atoms with E-state index in [1.54, 1.807) is 6.92 Å². The van der Waals surface area contributed by atoms with Crippen LogP contribution in [0.3, 0.4) is 0 Å². The largest absolute Gasteiger partial charge is 0.396 e. The third-order valence-electron chi connectivity index (χ3n) is 3.22. The molecule has 0 unspecified atom stereocenters. The number of hydrogen-bond donors (Lipinski definition) is 2. The Morgan fingerprint density at radius 3 is 2.50 bits per heavy atom. The fraction of sp³-hybridized carbons (Fsp3) is 0.889. The van der Waals surface area contributed by atoms with Gasteiger partial charge in [-0.2, -0.15) is 0 Å². The third kappa shape index (κ3) is 0.959. The lowest BCUT2D eigenvalue weighted by Crippen LogP contribution is -2.74. The molecule has 0 atom stereocenters. The summed E-state index contributed by atoms with van der Waals surface area (Å²) >= 11 is 0. The molecule has 0 aromatic rings. The zero-order chi connectivity index (χ0) is 8.82. The maximum atomic E-state index is 10.8. The van der Waals surface area contributed by atoms with Crippen molar-refractivity contribution >= 4 is 5.91 Å². The van der Waals surface area contributed by atoms with Crippen molar-refractivity contribution in [1.29, 1.82) is 0 Å². The number of carbonyl (C=O) groups is 1. The Balaban J connectivity index is 1.83. The van der Waals surface area contributed by atoms with Crippen LogP contribution in [0.4, 0.5) is 0 Å². The summed E-state index contributed by atoms with van der Waals surface area (Å²) in [6.07, 6.45) is 4.16. The first kappa shape index (κ1) is 8.05. The second-order valence-corrected chi connectivity index (χ2v) is 4.47. The fourth-order valence-corrected chi connectivity index (χ4v) is 3.01. The van der Waals surface area contributed by atoms with Gasteiger partial charge in [0.15, 0.2) is 0 Å². The zero-order valence-electron chi connectivity index (χ0n) is 7.39. The second-order valence-electron chi connectivity index (χ2n) is 4.47. The Labute approximate surface area is 72.2 Å². The molecule has 3 fully saturated rings. The normalized spacial score (nSPS) is 42.8. The Morgan fingerprint density at radius 2 is 2.08 bits per heavy atom. The van der Waals surface area contributed by atoms with Gasteiger partial charge in [0, 0.05) is 19.1 Å². The Hall–Kier alpha value is -0.570. The van der Waals surface area contributed by atoms with Crippen molar-refractivity contribution in [2.45, 2.75) is 38.1 Å². The van der Waals surface area contributed by atoms with Crippen LogP contribution in [-0.4, -0.2) is 23.2 Å². The van der Waals surface area contributed by atoms with Crippen LogP contribution in [0.1, 0.15) is 32.6 Å². The summed E-state index contributed by atoms with van der Waals surface area (Å²) in [4.78, 5) is 10.8. The van der Waals surface area contributed by atoms with Crippen molar-refractivity contribution < 1.29 is 9.90 Å². The van der Waals surface area contributed by atoms with Gasteiger partial charge in [-0.3, -0.25) is 4.79 Å². The fourth-order valence-electron chi connectivity index (χ4n) is 3.01. The molecule has 3 heteroatoms. The van der Waals surface area contributed by atoms with E-state index in [0.29, 0.717) is 5.41 Å². The number of nitrogens with one attached hydrogen (secondary N) is 1. The number of hydrogen-bond acceptors (Lipinski definition) is 2. The summed E-state index contributed by atoms with van der Waals surface area (Å²) in [5.41, 5.74) is 0.540. The minimum atomic E-state index is 0.0762. The summed E-state index contributed by atoms with van der Waals surface area (Å²) < 4.78 is 0. The summed E-state index contributed by atoms with van der Waals surface area (Å²) in [5, 5.41) is 11.8. The van der Waals surface area contributed by atoms with E-state index in [2.05, 4.69) is 5.32 Å². The Bertz CT molecular complexity index is 205. The van der Waals surface area contributed by atoms with Gasteiger partial charge in [-0.15, -0.1) is 0 Å². The zero-order valence-corrected chi connectivity index (χ0v) is 7.39. The van der Waals surface area contributed by atoms with Gasteiger partial charge in [-0.1, -0.05) is 0 Å². The average molecular weight is 169 g/mol. The van der Waals surface area contributed by atoms with Crippen LogP contribution >= 0.6 is 0 Å². The van der Waals surface area contributed by atoms with Gasteiger partial charge < -0.3 is 10.4 Å². The van der Waals surface area contributed by atoms with Crippen molar-refractivity contribution in [2.75, 3.05) is 6.61 Å². The van der Waals surface area contributed by atoms with E-state index in [1.165, 1.54) is 0 Å². The maximum absolute atomic E-state index is 10.8. The molecule has 0 aliphatic heterocycles. The third-order valence-corrected chi connectivity index (χ3v) is 3.22. The van der Waals surface area contributed by atoms with E-state index in [4.69, 9.17) is 5.11 Å². The van der Waals surface area contributed by atoms with E-state index in [0.717, 1.165) is 25.7 Å². The first-order chi connectivity index (χ1) is 5.60. The molecule has 3 aliphatic rings. The monoisotopic (exact) mass is 169 g/mol. The second kappa shape index (κ2) is 2.22. The molecule has 3 nitrogen and oxygen atoms in total. The molecule has 0 aromatic heterocycles. The van der Waals surface area contributed by atoms with E-state index in [9.17, 15) is 4.79 Å². The van der Waals surface area contributed by atoms with Crippen molar-refractivity contribution in [3.8, 4) is 0 Å². The van der Waals surface area contributed by atoms with Crippen LogP contribution in [0.25, 0.3) is 0 Å². The van der Waals surface area contributed by atoms with Crippen LogP contribution in [-0.2, 0) is 4.79 Å². The molecule has 2 N–H and O–H groups in total. The Morgan fingerprint density at radius 1 is 1.50 bits per heavy atom. The molecule has 1 amide bonds. The number of aliphatic hydroxyl groups is 1. The molecular formula is C9H15NO2. The number of aliphatic hydroxyl groups excluding tert-OH is 1. The maximum Gasteiger partial charge on any atom is 0.217 e. The first-order valence-corrected chi connectivity index (χ1v) is 4.50. The van der Waals surface area contributed by atoms with Gasteiger partial charge in [-0.25, -0.2) is 0 Å². The molecule has 0 saturated heterocycles. The van der Waals surface area contributed by atoms with Gasteiger partial charge >= 0.3 is 0 Å². The number of amides is 1. The van der Waals surface area contributed by atoms with Crippen LogP contribution in [0.5, 0.6) is 0 Å². The van der Waals surface area contributed by atoms with E-state index in [-0.39, 0.29) is 18.1 Å². The molecule has 3 rings (SSSR count). The molecule has 0 aromatic carbocycles. The summed E-state index contributed by atoms with van der Waals surface area (Å²) in [6, 6.07) is 0. The lowest BCUT2D eigenvalue weighted by Gasteiger charge is -2.71. The van der Waals surface area contributed by atoms with Crippen molar-refractivity contribution in [3.05, 3.63) is 0 Å². The number of carbonyl (C=O) groups excluding carboxylic acids is 1. The molecular weight excluding hydrogens is 154 g/mol. The van der Waals surface area contributed by atoms with Gasteiger partial charge in [0.25, 0.3) is 0 Å². The predicted octanol–water partition coefficient (Wildman–Crippen LogP) is 0.428. The molecule has 0 spiro atoms. The van der Waals surface area contributed by atoms with Crippen molar-refractivity contribution in [1.82, 2.24) is 5.32 Å². The van der Waals surface area contributed by atoms with Crippen LogP contribution in [0.15, 0.2) is 0 Å². The quantitative estimate of drug-likeness (QED) is 0.643. The van der Waals surface area contributed by atoms with E-state index in [1.807, 2.05) is 0 Å². The van der Waals surface area contributed by atoms with Crippen molar-refractivity contribution in [2.24, 2.45) is 5.41 Å². The van der Waals surface area contributed by atoms with Gasteiger partial charge in [-0.05, 0) is 31.1 Å². The van der Waals surface area contributed by atoms with Crippen LogP contribution in [0.2, 0.25) is 0 Å². The highest BCUT2D eigenvalue weighted by molar-refractivity contribution is 5.74. The first-order valence-electron chi connectivity index (χ1n) is 4.50. The molecule has 12 heavy (non-hydrogen) atoms. The highest BCUT2D eigenvalue weighted by Gasteiger charge is 2.67. The summed E-state index contributed by atoms with van der Waals surface area (Å²) in [5.74, 6) is 0.0762. The molecule has 3 saturated carbocycles. The Kier molecular flexibility index (Phi) is 1.49. The highest BCUT2D eigenvalue weighted by atomic mass is 16.3. The number of rotatable bonds is 3. The summed E-state index contributed by atoms with van der Waals surface area (Å²) in [6.45, 7) is 1.86. The molecule has 0 heterocycles. The molecule has 2 bridgehead atoms. The van der Waals surface area contributed by atoms with Gasteiger partial charge in [0.2, 0.25) is 5.91 Å².